The molecule has 2 heterocycles. The summed E-state index contributed by atoms with van der Waals surface area (Å²) in [6.07, 6.45) is 2.24. The second kappa shape index (κ2) is 5.07. The number of rotatable bonds is 0. The van der Waals surface area contributed by atoms with Crippen molar-refractivity contribution in [2.24, 2.45) is 0 Å². The number of amides is 1. The van der Waals surface area contributed by atoms with Gasteiger partial charge in [0, 0.05) is 13.0 Å². The van der Waals surface area contributed by atoms with E-state index in [-0.39, 0.29) is 17.4 Å². The Hall–Kier alpha value is -1.91. The zero-order valence-electron chi connectivity index (χ0n) is 13.4. The molecule has 1 N–H and O–H groups in total. The van der Waals surface area contributed by atoms with Crippen molar-refractivity contribution < 1.29 is 19.4 Å². The molecule has 5 heteroatoms. The minimum absolute atomic E-state index is 0.264. The van der Waals surface area contributed by atoms with E-state index in [1.54, 1.807) is 17.0 Å². The number of phenols is 1. The molecular weight excluding hydrogens is 282 g/mol. The normalized spacial score (nSPS) is 24.0. The molecule has 1 amide bonds. The quantitative estimate of drug-likeness (QED) is 0.800. The van der Waals surface area contributed by atoms with Gasteiger partial charge >= 0.3 is 6.09 Å². The number of likely N-dealkylation sites (tertiary alicyclic amines) is 1. The summed E-state index contributed by atoms with van der Waals surface area (Å²) in [4.78, 5) is 13.9. The highest BCUT2D eigenvalue weighted by molar-refractivity contribution is 5.68. The molecule has 0 radical (unpaired) electrons. The van der Waals surface area contributed by atoms with Crippen LogP contribution in [0.3, 0.4) is 0 Å². The van der Waals surface area contributed by atoms with Gasteiger partial charge in [0.1, 0.15) is 22.7 Å². The molecule has 2 aliphatic rings. The zero-order valence-corrected chi connectivity index (χ0v) is 13.4. The summed E-state index contributed by atoms with van der Waals surface area (Å²) in [7, 11) is 0. The lowest BCUT2D eigenvalue weighted by Gasteiger charge is -2.35. The van der Waals surface area contributed by atoms with Crippen LogP contribution in [-0.2, 0) is 11.2 Å². The average Bonchev–Trinajstić information content (AvgIpc) is 2.82. The van der Waals surface area contributed by atoms with E-state index < -0.39 is 5.60 Å². The van der Waals surface area contributed by atoms with Crippen LogP contribution in [-0.4, -0.2) is 40.4 Å². The summed E-state index contributed by atoms with van der Waals surface area (Å²) in [6, 6.07) is 5.20. The molecule has 1 spiro atoms. The predicted octanol–water partition coefficient (Wildman–Crippen LogP) is 3.10. The molecule has 0 bridgehead atoms. The monoisotopic (exact) mass is 305 g/mol. The maximum absolute atomic E-state index is 12.2. The highest BCUT2D eigenvalue weighted by Gasteiger charge is 2.45. The van der Waals surface area contributed by atoms with E-state index in [1.807, 2.05) is 26.8 Å². The maximum Gasteiger partial charge on any atom is 0.410 e. The molecule has 1 fully saturated rings. The molecule has 0 saturated carbocycles. The Morgan fingerprint density at radius 2 is 2.14 bits per heavy atom. The third-order valence-electron chi connectivity index (χ3n) is 4.19. The molecule has 1 saturated heterocycles. The standard InChI is InChI=1S/C17H23NO4/c1-16(2,3)22-15(20)18-9-8-17(11-18)7-6-12-10-13(19)4-5-14(12)21-17/h4-5,10,19H,6-9,11H2,1-3H3/t17-/m1/s1. The fourth-order valence-corrected chi connectivity index (χ4v) is 3.12. The van der Waals surface area contributed by atoms with Gasteiger partial charge in [0.2, 0.25) is 0 Å². The summed E-state index contributed by atoms with van der Waals surface area (Å²) >= 11 is 0. The first-order chi connectivity index (χ1) is 10.3. The average molecular weight is 305 g/mol. The highest BCUT2D eigenvalue weighted by Crippen LogP contribution is 2.40. The van der Waals surface area contributed by atoms with Gasteiger partial charge in [-0.2, -0.15) is 0 Å². The second-order valence-electron chi connectivity index (χ2n) is 7.23. The van der Waals surface area contributed by atoms with Crippen LogP contribution in [0.4, 0.5) is 4.79 Å². The van der Waals surface area contributed by atoms with Crippen molar-refractivity contribution in [3.8, 4) is 11.5 Å². The fraction of sp³-hybridized carbons (Fsp3) is 0.588. The lowest BCUT2D eigenvalue weighted by Crippen LogP contribution is -2.44. The number of aryl methyl sites for hydroxylation is 1. The van der Waals surface area contributed by atoms with E-state index >= 15 is 0 Å². The first-order valence-corrected chi connectivity index (χ1v) is 7.75. The van der Waals surface area contributed by atoms with Gasteiger partial charge in [-0.3, -0.25) is 0 Å². The van der Waals surface area contributed by atoms with E-state index in [0.717, 1.165) is 30.6 Å². The number of hydrogen-bond donors (Lipinski definition) is 1. The number of benzene rings is 1. The van der Waals surface area contributed by atoms with Crippen LogP contribution in [0.25, 0.3) is 0 Å². The maximum atomic E-state index is 12.2. The van der Waals surface area contributed by atoms with Crippen molar-refractivity contribution in [1.29, 1.82) is 0 Å². The Morgan fingerprint density at radius 3 is 2.86 bits per heavy atom. The van der Waals surface area contributed by atoms with Crippen molar-refractivity contribution in [1.82, 2.24) is 4.90 Å². The zero-order chi connectivity index (χ0) is 16.0. The van der Waals surface area contributed by atoms with Crippen molar-refractivity contribution in [3.05, 3.63) is 23.8 Å². The molecule has 1 aromatic carbocycles. The second-order valence-corrected chi connectivity index (χ2v) is 7.23. The minimum Gasteiger partial charge on any atom is -0.508 e. The van der Waals surface area contributed by atoms with Gasteiger partial charge in [-0.05, 0) is 57.4 Å². The van der Waals surface area contributed by atoms with Crippen LogP contribution in [0.2, 0.25) is 0 Å². The van der Waals surface area contributed by atoms with E-state index in [4.69, 9.17) is 9.47 Å². The van der Waals surface area contributed by atoms with Crippen LogP contribution in [0.5, 0.6) is 11.5 Å². The van der Waals surface area contributed by atoms with Crippen LogP contribution in [0.15, 0.2) is 18.2 Å². The number of carbonyl (C=O) groups is 1. The Morgan fingerprint density at radius 1 is 1.36 bits per heavy atom. The molecule has 2 aliphatic heterocycles. The first kappa shape index (κ1) is 15.0. The van der Waals surface area contributed by atoms with Crippen molar-refractivity contribution in [3.63, 3.8) is 0 Å². The number of hydrogen-bond acceptors (Lipinski definition) is 4. The van der Waals surface area contributed by atoms with Gasteiger partial charge in [0.05, 0.1) is 6.54 Å². The number of aromatic hydroxyl groups is 1. The van der Waals surface area contributed by atoms with Gasteiger partial charge in [0.25, 0.3) is 0 Å². The van der Waals surface area contributed by atoms with Crippen LogP contribution < -0.4 is 4.74 Å². The summed E-state index contributed by atoms with van der Waals surface area (Å²) < 4.78 is 11.6. The molecule has 0 aromatic heterocycles. The van der Waals surface area contributed by atoms with Crippen LogP contribution in [0, 0.1) is 0 Å². The van der Waals surface area contributed by atoms with Crippen molar-refractivity contribution in [2.75, 3.05) is 13.1 Å². The van der Waals surface area contributed by atoms with Gasteiger partial charge in [-0.1, -0.05) is 0 Å². The number of nitrogens with zero attached hydrogens (tertiary/aromatic N) is 1. The lowest BCUT2D eigenvalue weighted by atomic mass is 9.90. The number of ether oxygens (including phenoxy) is 2. The molecular formula is C17H23NO4. The molecule has 120 valence electrons. The molecule has 0 unspecified atom stereocenters. The third kappa shape index (κ3) is 2.98. The third-order valence-corrected chi connectivity index (χ3v) is 4.19. The largest absolute Gasteiger partial charge is 0.508 e. The molecule has 0 aliphatic carbocycles. The van der Waals surface area contributed by atoms with Gasteiger partial charge < -0.3 is 19.5 Å². The van der Waals surface area contributed by atoms with E-state index in [1.165, 1.54) is 0 Å². The summed E-state index contributed by atoms with van der Waals surface area (Å²) in [6.45, 7) is 6.83. The first-order valence-electron chi connectivity index (χ1n) is 7.75. The molecule has 5 nitrogen and oxygen atoms in total. The lowest BCUT2D eigenvalue weighted by molar-refractivity contribution is 0.0170. The Bertz CT molecular complexity index is 593. The summed E-state index contributed by atoms with van der Waals surface area (Å²) in [5.41, 5.74) is 0.229. The molecule has 3 rings (SSSR count). The van der Waals surface area contributed by atoms with E-state index in [0.29, 0.717) is 13.1 Å². The topological polar surface area (TPSA) is 59.0 Å². The Kier molecular flexibility index (Phi) is 3.46. The number of carbonyl (C=O) groups excluding carboxylic acids is 1. The fourth-order valence-electron chi connectivity index (χ4n) is 3.12. The Labute approximate surface area is 130 Å². The van der Waals surface area contributed by atoms with Gasteiger partial charge in [0.15, 0.2) is 0 Å². The Balaban J connectivity index is 1.70. The summed E-state index contributed by atoms with van der Waals surface area (Å²) in [5.74, 6) is 1.08. The molecule has 22 heavy (non-hydrogen) atoms. The van der Waals surface area contributed by atoms with Crippen LogP contribution >= 0.6 is 0 Å². The van der Waals surface area contributed by atoms with Gasteiger partial charge in [-0.25, -0.2) is 4.79 Å². The predicted molar refractivity (Wildman–Crippen MR) is 82.2 cm³/mol. The van der Waals surface area contributed by atoms with Crippen molar-refractivity contribution >= 4 is 6.09 Å². The number of fused-ring (bicyclic) bond motifs is 1. The molecule has 1 atom stereocenters. The number of phenolic OH excluding ortho intramolecular Hbond substituents is 1. The smallest absolute Gasteiger partial charge is 0.410 e. The minimum atomic E-state index is -0.482. The van der Waals surface area contributed by atoms with Crippen LogP contribution in [0.1, 0.15) is 39.2 Å². The van der Waals surface area contributed by atoms with E-state index in [9.17, 15) is 9.90 Å². The van der Waals surface area contributed by atoms with E-state index in [2.05, 4.69) is 0 Å². The van der Waals surface area contributed by atoms with Gasteiger partial charge in [-0.15, -0.1) is 0 Å². The van der Waals surface area contributed by atoms with Crippen molar-refractivity contribution in [2.45, 2.75) is 51.2 Å². The molecule has 1 aromatic rings. The summed E-state index contributed by atoms with van der Waals surface area (Å²) in [5, 5.41) is 9.54. The SMILES string of the molecule is CC(C)(C)OC(=O)N1CC[C@]2(CCc3cc(O)ccc3O2)C1. The highest BCUT2D eigenvalue weighted by atomic mass is 16.6.